The molecule has 0 amide bonds. The van der Waals surface area contributed by atoms with E-state index in [1.807, 2.05) is 0 Å². The van der Waals surface area contributed by atoms with Crippen LogP contribution in [0, 0.1) is 0 Å². The van der Waals surface area contributed by atoms with Crippen molar-refractivity contribution < 1.29 is 9.90 Å². The molecule has 0 aromatic carbocycles. The molecule has 1 atom stereocenters. The molecule has 4 heteroatoms. The summed E-state index contributed by atoms with van der Waals surface area (Å²) >= 11 is 5.96. The lowest BCUT2D eigenvalue weighted by Gasteiger charge is -2.22. The van der Waals surface area contributed by atoms with Crippen LogP contribution in [0.4, 0.5) is 0 Å². The Labute approximate surface area is 97.7 Å². The average molecular weight is 236 g/mol. The van der Waals surface area contributed by atoms with Crippen LogP contribution in [0.1, 0.15) is 34.1 Å². The van der Waals surface area contributed by atoms with Gasteiger partial charge in [-0.3, -0.25) is 4.90 Å². The van der Waals surface area contributed by atoms with Crippen molar-refractivity contribution in [1.82, 2.24) is 4.90 Å². The van der Waals surface area contributed by atoms with Crippen LogP contribution >= 0.6 is 11.6 Å². The molecule has 0 saturated carbocycles. The van der Waals surface area contributed by atoms with Crippen molar-refractivity contribution in [2.24, 2.45) is 0 Å². The van der Waals surface area contributed by atoms with Crippen molar-refractivity contribution in [3.63, 3.8) is 0 Å². The number of hydrogen-bond acceptors (Lipinski definition) is 2. The van der Waals surface area contributed by atoms with Crippen LogP contribution < -0.4 is 0 Å². The van der Waals surface area contributed by atoms with E-state index in [2.05, 4.69) is 32.3 Å². The van der Waals surface area contributed by atoms with Gasteiger partial charge in [0.15, 0.2) is 0 Å². The number of halogens is 1. The average Bonchev–Trinajstić information content (AvgIpc) is 2.20. The Kier molecular flexibility index (Phi) is 11.2. The molecule has 0 aliphatic rings. The minimum Gasteiger partial charge on any atom is -0.478 e. The van der Waals surface area contributed by atoms with Gasteiger partial charge in [-0.1, -0.05) is 27.4 Å². The Bertz CT molecular complexity index is 179. The summed E-state index contributed by atoms with van der Waals surface area (Å²) in [6.07, 6.45) is 1.03. The second-order valence-corrected chi connectivity index (χ2v) is 3.65. The number of carbonyl (C=O) groups is 1. The van der Waals surface area contributed by atoms with E-state index >= 15 is 0 Å². The van der Waals surface area contributed by atoms with Crippen molar-refractivity contribution in [1.29, 1.82) is 0 Å². The Morgan fingerprint density at radius 2 is 1.73 bits per heavy atom. The molecule has 0 aromatic rings. The molecule has 0 aliphatic heterocycles. The minimum atomic E-state index is -0.935. The maximum absolute atomic E-state index is 9.60. The molecule has 15 heavy (non-hydrogen) atoms. The zero-order chi connectivity index (χ0) is 12.4. The quantitative estimate of drug-likeness (QED) is 0.453. The summed E-state index contributed by atoms with van der Waals surface area (Å²) in [7, 11) is 0. The molecule has 0 rings (SSSR count). The van der Waals surface area contributed by atoms with Crippen molar-refractivity contribution in [3.05, 3.63) is 12.2 Å². The van der Waals surface area contributed by atoms with Gasteiger partial charge in [-0.25, -0.2) is 4.79 Å². The molecular weight excluding hydrogens is 214 g/mol. The monoisotopic (exact) mass is 235 g/mol. The molecule has 0 saturated heterocycles. The highest BCUT2D eigenvalue weighted by Crippen LogP contribution is 2.06. The van der Waals surface area contributed by atoms with Crippen LogP contribution in [0.5, 0.6) is 0 Å². The molecule has 0 fully saturated rings. The van der Waals surface area contributed by atoms with Crippen molar-refractivity contribution in [3.8, 4) is 0 Å². The lowest BCUT2D eigenvalue weighted by atomic mass is 10.4. The Balaban J connectivity index is 0. The topological polar surface area (TPSA) is 40.5 Å². The van der Waals surface area contributed by atoms with E-state index in [-0.39, 0.29) is 11.1 Å². The van der Waals surface area contributed by atoms with Crippen LogP contribution in [-0.4, -0.2) is 34.6 Å². The molecule has 3 nitrogen and oxygen atoms in total. The minimum absolute atomic E-state index is 0.176. The third kappa shape index (κ3) is 9.76. The molecular formula is C11H22ClNO2. The van der Waals surface area contributed by atoms with E-state index in [0.717, 1.165) is 19.5 Å². The fourth-order valence-electron chi connectivity index (χ4n) is 0.878. The summed E-state index contributed by atoms with van der Waals surface area (Å²) in [5.74, 6) is -0.935. The van der Waals surface area contributed by atoms with E-state index in [1.165, 1.54) is 6.92 Å². The number of carboxylic acid groups (broad SMARTS) is 1. The van der Waals surface area contributed by atoms with E-state index in [1.54, 1.807) is 0 Å². The second-order valence-electron chi connectivity index (χ2n) is 3.15. The first-order chi connectivity index (χ1) is 6.90. The van der Waals surface area contributed by atoms with Gasteiger partial charge in [0.05, 0.1) is 5.50 Å². The van der Waals surface area contributed by atoms with Gasteiger partial charge in [-0.15, -0.1) is 11.6 Å². The fraction of sp³-hybridized carbons (Fsp3) is 0.727. The summed E-state index contributed by atoms with van der Waals surface area (Å²) in [5.41, 5.74) is 0.412. The lowest BCUT2D eigenvalue weighted by Crippen LogP contribution is -2.30. The Morgan fingerprint density at radius 1 is 1.40 bits per heavy atom. The number of nitrogens with zero attached hydrogens (tertiary/aromatic N) is 1. The highest BCUT2D eigenvalue weighted by Gasteiger charge is 2.07. The number of carboxylic acids is 1. The van der Waals surface area contributed by atoms with Gasteiger partial charge in [0.2, 0.25) is 0 Å². The van der Waals surface area contributed by atoms with E-state index in [9.17, 15) is 4.79 Å². The first kappa shape index (κ1) is 16.9. The molecule has 0 aliphatic carbocycles. The van der Waals surface area contributed by atoms with Gasteiger partial charge in [0.25, 0.3) is 0 Å². The summed E-state index contributed by atoms with van der Waals surface area (Å²) < 4.78 is 0. The van der Waals surface area contributed by atoms with Crippen LogP contribution in [0.15, 0.2) is 12.2 Å². The number of aliphatic carboxylic acids is 1. The molecule has 1 N–H and O–H groups in total. The summed E-state index contributed by atoms with van der Waals surface area (Å²) in [6.45, 7) is 13.1. The van der Waals surface area contributed by atoms with Crippen molar-refractivity contribution in [2.45, 2.75) is 39.6 Å². The van der Waals surface area contributed by atoms with Crippen LogP contribution in [-0.2, 0) is 4.79 Å². The molecule has 90 valence electrons. The first-order valence-electron chi connectivity index (χ1n) is 5.17. The summed E-state index contributed by atoms with van der Waals surface area (Å²) in [5, 5.41) is 7.89. The maximum atomic E-state index is 9.60. The summed E-state index contributed by atoms with van der Waals surface area (Å²) in [6, 6.07) is 0. The standard InChI is InChI=1S/C7H16ClN.C4H6O2/c1-4-7(8)9(5-2)6-3;1-3(2)4(5)6/h7H,4-6H2,1-3H3;1H2,2H3,(H,5,6). The normalized spacial score (nSPS) is 11.6. The third-order valence-corrected chi connectivity index (χ3v) is 2.50. The van der Waals surface area contributed by atoms with Gasteiger partial charge in [0, 0.05) is 5.57 Å². The van der Waals surface area contributed by atoms with Crippen LogP contribution in [0.2, 0.25) is 0 Å². The van der Waals surface area contributed by atoms with Gasteiger partial charge in [-0.05, 0) is 26.4 Å². The largest absolute Gasteiger partial charge is 0.478 e. The predicted octanol–water partition coefficient (Wildman–Crippen LogP) is 2.95. The maximum Gasteiger partial charge on any atom is 0.330 e. The number of hydrogen-bond donors (Lipinski definition) is 1. The Morgan fingerprint density at radius 3 is 1.80 bits per heavy atom. The molecule has 1 unspecified atom stereocenters. The van der Waals surface area contributed by atoms with Crippen LogP contribution in [0.25, 0.3) is 0 Å². The Hall–Kier alpha value is -0.540. The van der Waals surface area contributed by atoms with Gasteiger partial charge < -0.3 is 5.11 Å². The summed E-state index contributed by atoms with van der Waals surface area (Å²) in [4.78, 5) is 11.8. The number of rotatable bonds is 5. The second kappa shape index (κ2) is 9.99. The van der Waals surface area contributed by atoms with Gasteiger partial charge >= 0.3 is 5.97 Å². The first-order valence-corrected chi connectivity index (χ1v) is 5.61. The third-order valence-electron chi connectivity index (χ3n) is 1.91. The highest BCUT2D eigenvalue weighted by atomic mass is 35.5. The SMILES string of the molecule is C=C(C)C(=O)O.CCC(Cl)N(CC)CC. The van der Waals surface area contributed by atoms with E-state index in [0.29, 0.717) is 0 Å². The van der Waals surface area contributed by atoms with Gasteiger partial charge in [-0.2, -0.15) is 0 Å². The zero-order valence-electron chi connectivity index (χ0n) is 10.1. The van der Waals surface area contributed by atoms with Crippen molar-refractivity contribution >= 4 is 17.6 Å². The van der Waals surface area contributed by atoms with Crippen molar-refractivity contribution in [2.75, 3.05) is 13.1 Å². The van der Waals surface area contributed by atoms with E-state index in [4.69, 9.17) is 16.7 Å². The smallest absolute Gasteiger partial charge is 0.330 e. The molecule has 0 radical (unpaired) electrons. The molecule has 0 spiro atoms. The zero-order valence-corrected chi connectivity index (χ0v) is 10.8. The lowest BCUT2D eigenvalue weighted by molar-refractivity contribution is -0.132. The highest BCUT2D eigenvalue weighted by molar-refractivity contribution is 6.20. The number of alkyl halides is 1. The molecule has 0 bridgehead atoms. The fourth-order valence-corrected chi connectivity index (χ4v) is 1.15. The predicted molar refractivity (Wildman–Crippen MR) is 65.3 cm³/mol. The molecule has 0 aromatic heterocycles. The van der Waals surface area contributed by atoms with Crippen LogP contribution in [0.3, 0.4) is 0 Å². The van der Waals surface area contributed by atoms with Gasteiger partial charge in [0.1, 0.15) is 0 Å². The molecule has 0 heterocycles. The van der Waals surface area contributed by atoms with E-state index < -0.39 is 5.97 Å².